The molecule has 5 unspecified atom stereocenters. The van der Waals surface area contributed by atoms with Gasteiger partial charge in [0.25, 0.3) is 28.1 Å². The van der Waals surface area contributed by atoms with Crippen molar-refractivity contribution in [3.8, 4) is 0 Å². The van der Waals surface area contributed by atoms with E-state index in [-0.39, 0.29) is 87.5 Å². The third-order valence-electron chi connectivity index (χ3n) is 17.1. The van der Waals surface area contributed by atoms with Crippen LogP contribution in [0.2, 0.25) is 18.1 Å². The molecule has 590 valence electrons. The molecule has 106 heavy (non-hydrogen) atoms. The highest BCUT2D eigenvalue weighted by Gasteiger charge is 2.47. The highest BCUT2D eigenvalue weighted by Crippen LogP contribution is 2.66. The molecule has 0 radical (unpaired) electrons. The van der Waals surface area contributed by atoms with Gasteiger partial charge in [-0.2, -0.15) is 13.2 Å². The normalized spacial score (nSPS) is 22.3. The predicted molar refractivity (Wildman–Crippen MR) is 380 cm³/mol. The summed E-state index contributed by atoms with van der Waals surface area (Å²) in [5, 5.41) is 52.6. The van der Waals surface area contributed by atoms with Gasteiger partial charge in [0.2, 0.25) is 0 Å². The zero-order valence-electron chi connectivity index (χ0n) is 60.1. The van der Waals surface area contributed by atoms with Crippen LogP contribution in [0.25, 0.3) is 0 Å². The summed E-state index contributed by atoms with van der Waals surface area (Å²) in [4.78, 5) is 150. The first-order valence-electron chi connectivity index (χ1n) is 33.0. The predicted octanol–water partition coefficient (Wildman–Crippen LogP) is 7.13. The highest BCUT2D eigenvalue weighted by atomic mass is 79.9. The van der Waals surface area contributed by atoms with E-state index in [0.717, 1.165) is 21.8 Å². The summed E-state index contributed by atoms with van der Waals surface area (Å²) in [5.74, 6) is -0.403. The summed E-state index contributed by atoms with van der Waals surface area (Å²) in [5.41, 5.74) is -4.78. The van der Waals surface area contributed by atoms with Gasteiger partial charge in [0.15, 0.2) is 8.32 Å². The van der Waals surface area contributed by atoms with Crippen LogP contribution in [0.5, 0.6) is 0 Å². The Kier molecular flexibility index (Phi) is 30.3. The molecule has 3 aliphatic rings. The number of aliphatic hydroxyl groups is 3. The number of aromatic amines is 2. The number of benzene rings is 2. The number of alkyl halides is 1. The minimum Gasteiger partial charge on any atom is -0.443 e. The number of hydrogen-bond donors (Lipinski definition) is 9. The van der Waals surface area contributed by atoms with Crippen LogP contribution in [0.3, 0.4) is 0 Å². The van der Waals surface area contributed by atoms with E-state index in [9.17, 15) is 92.6 Å². The Hall–Kier alpha value is -6.50. The third-order valence-corrected chi connectivity index (χ3v) is 26.0. The molecule has 0 bridgehead atoms. The summed E-state index contributed by atoms with van der Waals surface area (Å²) in [6.07, 6.45) is -5.46. The molecule has 3 aromatic heterocycles. The van der Waals surface area contributed by atoms with E-state index in [4.69, 9.17) is 42.6 Å². The number of aromatic nitrogens is 6. The van der Waals surface area contributed by atoms with Gasteiger partial charge in [-0.1, -0.05) is 95.6 Å². The number of halogens is 1. The molecule has 0 aliphatic carbocycles. The van der Waals surface area contributed by atoms with Crippen LogP contribution in [0.15, 0.2) is 95.9 Å². The zero-order chi connectivity index (χ0) is 79.7. The largest absolute Gasteiger partial charge is 0.490 e. The zero-order valence-corrected chi connectivity index (χ0v) is 65.3. The minimum absolute atomic E-state index is 0.0350. The van der Waals surface area contributed by atoms with E-state index in [1.165, 1.54) is 41.2 Å². The molecule has 0 saturated carbocycles. The molecule has 8 rings (SSSR count). The van der Waals surface area contributed by atoms with E-state index < -0.39 is 162 Å². The third kappa shape index (κ3) is 23.5. The van der Waals surface area contributed by atoms with Crippen molar-refractivity contribution in [1.82, 2.24) is 28.2 Å². The standard InChI is InChI=1S/C22H37BrN2O6Si.C20H28N3O17P3.C20H25N3O8/c1-10-15-16(31-32(8,9)22(5,6)7)11-17(29-15)24-13-14(12-23)18(26)25(19(24)27)20(28)30-21(2,3)4;1-11(2)18(13-5-3-4-6-14(13)23(27)28)36-9-12-8-22(20(26)21-19(12)25)17-7-15(24)16(38-17)10-37-42(32,33)40-43(34,35)39-41(29,30)31;1-11(2)18(13-5-3-4-6-14(13)23(28)29)30-10-12-8-22(20(27)21-19(12)26)17-7-15(25)16(9-24)31-17/h13,15-17H,10-12H2,1-9H3;3-6,8,11,15-18,24H,7,9-10H2,1-2H3,(H,32,33)(H,34,35)(H,21,25,26)(H2,29,30,31);3-6,8,11,15-18,24-25H,7,9-10H2,1-2H3,(H,21,26,27)/t15-,16?,17-;2*15?,16-,17-,18+/m111/s1. The summed E-state index contributed by atoms with van der Waals surface area (Å²) in [7, 11) is -18.9. The molecule has 39 nitrogen and oxygen atoms in total. The van der Waals surface area contributed by atoms with E-state index in [2.05, 4.69) is 72.9 Å². The van der Waals surface area contributed by atoms with Gasteiger partial charge in [-0.3, -0.25) is 62.8 Å². The molecule has 13 atom stereocenters. The topological polar surface area (TPSA) is 542 Å². The number of nitro benzene ring substituents is 2. The Morgan fingerprint density at radius 3 is 1.51 bits per heavy atom. The lowest BCUT2D eigenvalue weighted by Crippen LogP contribution is -2.47. The molecular formula is C62H90BrN8O31P3Si. The number of phosphoric ester groups is 1. The Balaban J connectivity index is 0.000000254. The van der Waals surface area contributed by atoms with E-state index in [1.807, 2.05) is 20.8 Å². The fourth-order valence-corrected chi connectivity index (χ4v) is 15.8. The lowest BCUT2D eigenvalue weighted by molar-refractivity contribution is -0.386. The van der Waals surface area contributed by atoms with Gasteiger partial charge in [-0.05, 0) is 69.3 Å². The highest BCUT2D eigenvalue weighted by molar-refractivity contribution is 9.08. The molecule has 9 N–H and O–H groups in total. The maximum Gasteiger partial charge on any atom is 0.490 e. The summed E-state index contributed by atoms with van der Waals surface area (Å²) < 4.78 is 90.6. The first kappa shape index (κ1) is 88.4. The Morgan fingerprint density at radius 1 is 0.670 bits per heavy atom. The fourth-order valence-electron chi connectivity index (χ4n) is 11.0. The molecule has 3 fully saturated rings. The van der Waals surface area contributed by atoms with Gasteiger partial charge in [0, 0.05) is 60.9 Å². The second kappa shape index (κ2) is 36.3. The summed E-state index contributed by atoms with van der Waals surface area (Å²) in [6, 6.07) is 12.2. The first-order valence-corrected chi connectivity index (χ1v) is 41.5. The Bertz CT molecular complexity index is 4470. The van der Waals surface area contributed by atoms with Crippen molar-refractivity contribution in [1.29, 1.82) is 0 Å². The van der Waals surface area contributed by atoms with Crippen molar-refractivity contribution in [2.75, 3.05) is 13.2 Å². The van der Waals surface area contributed by atoms with E-state index in [1.54, 1.807) is 58.9 Å². The monoisotopic (exact) mass is 1640 g/mol. The van der Waals surface area contributed by atoms with Gasteiger partial charge in [-0.15, -0.1) is 0 Å². The molecular weight excluding hydrogens is 1550 g/mol. The average molecular weight is 1640 g/mol. The summed E-state index contributed by atoms with van der Waals surface area (Å²) in [6.45, 7) is 23.2. The van der Waals surface area contributed by atoms with Gasteiger partial charge < -0.3 is 67.7 Å². The van der Waals surface area contributed by atoms with Crippen molar-refractivity contribution in [2.45, 2.75) is 212 Å². The second-order valence-electron chi connectivity index (χ2n) is 27.9. The molecule has 6 heterocycles. The number of carbonyl (C=O) groups excluding carboxylic acids is 1. The summed E-state index contributed by atoms with van der Waals surface area (Å²) >= 11 is 3.28. The van der Waals surface area contributed by atoms with Gasteiger partial charge in [0.1, 0.15) is 36.5 Å². The van der Waals surface area contributed by atoms with Crippen LogP contribution >= 0.6 is 39.4 Å². The molecule has 5 aromatic rings. The number of H-pyrrole nitrogens is 2. The molecule has 3 saturated heterocycles. The quantitative estimate of drug-likeness (QED) is 0.00830. The maximum absolute atomic E-state index is 13.2. The number of rotatable bonds is 27. The molecule has 44 heteroatoms. The van der Waals surface area contributed by atoms with Gasteiger partial charge in [0.05, 0.1) is 95.2 Å². The number of hydrogen-bond acceptors (Lipinski definition) is 27. The van der Waals surface area contributed by atoms with Crippen LogP contribution in [0.1, 0.15) is 161 Å². The number of nitro groups is 2. The average Bonchev–Trinajstić information content (AvgIpc) is 1.60. The fraction of sp³-hybridized carbons (Fsp3) is 0.597. The van der Waals surface area contributed by atoms with Crippen LogP contribution in [-0.4, -0.2) is 143 Å². The van der Waals surface area contributed by atoms with Gasteiger partial charge >= 0.3 is 46.6 Å². The van der Waals surface area contributed by atoms with Gasteiger partial charge in [-0.25, -0.2) is 32.9 Å². The lowest BCUT2D eigenvalue weighted by atomic mass is 9.97. The first-order chi connectivity index (χ1) is 49.0. The number of aliphatic hydroxyl groups excluding tert-OH is 3. The Morgan fingerprint density at radius 2 is 1.10 bits per heavy atom. The van der Waals surface area contributed by atoms with Crippen molar-refractivity contribution in [3.05, 3.63) is 178 Å². The van der Waals surface area contributed by atoms with Crippen molar-refractivity contribution in [3.63, 3.8) is 0 Å². The molecule has 2 aromatic carbocycles. The lowest BCUT2D eigenvalue weighted by Gasteiger charge is -2.39. The minimum atomic E-state index is -5.77. The van der Waals surface area contributed by atoms with Crippen molar-refractivity contribution < 1.29 is 109 Å². The number of nitrogens with zero attached hydrogens (tertiary/aromatic N) is 6. The van der Waals surface area contributed by atoms with E-state index in [0.29, 0.717) is 16.6 Å². The number of carbonyl (C=O) groups is 1. The van der Waals surface area contributed by atoms with Crippen molar-refractivity contribution >= 4 is 65.2 Å². The van der Waals surface area contributed by atoms with Crippen LogP contribution in [0.4, 0.5) is 16.2 Å². The Labute approximate surface area is 614 Å². The number of para-hydroxylation sites is 2. The molecule has 0 spiro atoms. The van der Waals surface area contributed by atoms with E-state index >= 15 is 0 Å². The molecule has 0 amide bonds. The second-order valence-corrected chi connectivity index (χ2v) is 37.7. The number of nitrogens with one attached hydrogen (secondary N) is 2. The molecule has 3 aliphatic heterocycles. The number of phosphoric acid groups is 3. The smallest absolute Gasteiger partial charge is 0.443 e. The van der Waals surface area contributed by atoms with Crippen molar-refractivity contribution in [2.24, 2.45) is 11.8 Å². The van der Waals surface area contributed by atoms with Crippen LogP contribution in [0, 0.1) is 32.1 Å². The number of ether oxygens (including phenoxy) is 6. The SMILES string of the molecule is CC(C)[C@H](OCc1cn([C@H]2CC(O)[C@@H](CO)O2)c(=O)[nH]c1=O)c1ccccc1[N+](=O)[O-].CC(C)[C@H](OCc1cn([C@H]2CC(O)[C@@H](COP(=O)(O)OP(=O)(O)OP(=O)(O)O)O2)c(=O)[nH]c1=O)c1ccccc1[N+](=O)[O-].CC[C@H]1O[C@@H](n2cc(CBr)c(=O)n(C(=O)OC(C)(C)C)c2=O)CC1O[Si](C)(C)C(C)(C)C. The van der Waals surface area contributed by atoms with Crippen LogP contribution in [-0.2, 0) is 78.2 Å². The van der Waals surface area contributed by atoms with Crippen LogP contribution < -0.4 is 33.7 Å². The maximum atomic E-state index is 13.2.